The molecule has 0 aromatic carbocycles. The second kappa shape index (κ2) is 7.25. The molecule has 0 spiro atoms. The molecule has 0 aliphatic heterocycles. The third-order valence-corrected chi connectivity index (χ3v) is 1.08. The summed E-state index contributed by atoms with van der Waals surface area (Å²) in [6.45, 7) is 1.70. The van der Waals surface area contributed by atoms with Gasteiger partial charge in [-0.05, 0) is 19.1 Å². The lowest BCUT2D eigenvalue weighted by atomic mass is 10.3. The summed E-state index contributed by atoms with van der Waals surface area (Å²) in [5.41, 5.74) is 4.68. The first-order valence-corrected chi connectivity index (χ1v) is 4.92. The van der Waals surface area contributed by atoms with Crippen molar-refractivity contribution in [3.05, 3.63) is 34.2 Å². The van der Waals surface area contributed by atoms with Crippen LogP contribution in [0.1, 0.15) is 12.5 Å². The Morgan fingerprint density at radius 3 is 2.57 bits per heavy atom. The maximum Gasteiger partial charge on any atom is 0.263 e. The van der Waals surface area contributed by atoms with Crippen LogP contribution in [0, 0.1) is 11.8 Å². The zero-order valence-corrected chi connectivity index (χ0v) is 8.45. The van der Waals surface area contributed by atoms with E-state index in [0.29, 0.717) is 5.56 Å². The van der Waals surface area contributed by atoms with Crippen molar-refractivity contribution in [2.24, 2.45) is 5.50 Å². The summed E-state index contributed by atoms with van der Waals surface area (Å²) < 4.78 is 0. The van der Waals surface area contributed by atoms with Crippen molar-refractivity contribution in [3.8, 4) is 11.8 Å². The molecule has 0 aliphatic carbocycles. The molecule has 1 aromatic rings. The normalized spacial score (nSPS) is 8.36. The quantitative estimate of drug-likeness (QED) is 0.358. The maximum atomic E-state index is 10.9. The van der Waals surface area contributed by atoms with E-state index < -0.39 is 8.53 Å². The van der Waals surface area contributed by atoms with Crippen LogP contribution < -0.4 is 11.1 Å². The van der Waals surface area contributed by atoms with Gasteiger partial charge in [0.25, 0.3) is 5.56 Å². The molecule has 0 fully saturated rings. The van der Waals surface area contributed by atoms with Gasteiger partial charge in [-0.1, -0.05) is 5.92 Å². The lowest BCUT2D eigenvalue weighted by Gasteiger charge is -1.84. The van der Waals surface area contributed by atoms with Gasteiger partial charge >= 0.3 is 0 Å². The summed E-state index contributed by atoms with van der Waals surface area (Å²) in [5, 5.41) is 0. The third-order valence-electron chi connectivity index (χ3n) is 1.08. The average Bonchev–Trinajstić information content (AvgIpc) is 2.08. The van der Waals surface area contributed by atoms with E-state index in [1.807, 2.05) is 0 Å². The Balaban J connectivity index is 0.000000364. The SMILES string of the molecule is CC#Cc1ccc[nH]c1=O.NP(O)O. The molecule has 1 rings (SSSR count). The van der Waals surface area contributed by atoms with Crippen molar-refractivity contribution >= 4 is 8.53 Å². The number of nitrogens with two attached hydrogens (primary N) is 1. The molecule has 0 saturated carbocycles. The predicted octanol–water partition coefficient (Wildman–Crippen LogP) is -0.0971. The van der Waals surface area contributed by atoms with E-state index in [9.17, 15) is 4.79 Å². The average molecular weight is 214 g/mol. The lowest BCUT2D eigenvalue weighted by Crippen LogP contribution is -2.07. The Labute approximate surface area is 82.6 Å². The molecular weight excluding hydrogens is 203 g/mol. The Bertz CT molecular complexity index is 375. The zero-order chi connectivity index (χ0) is 11.0. The van der Waals surface area contributed by atoms with E-state index >= 15 is 0 Å². The monoisotopic (exact) mass is 214 g/mol. The molecule has 5 N–H and O–H groups in total. The molecule has 76 valence electrons. The van der Waals surface area contributed by atoms with Gasteiger partial charge in [-0.25, -0.2) is 0 Å². The van der Waals surface area contributed by atoms with Crippen LogP contribution in [0.5, 0.6) is 0 Å². The number of aromatic nitrogens is 1. The largest absolute Gasteiger partial charge is 0.338 e. The second-order valence-electron chi connectivity index (χ2n) is 2.11. The van der Waals surface area contributed by atoms with Crippen LogP contribution in [0.25, 0.3) is 0 Å². The molecule has 0 aliphatic rings. The molecule has 6 heteroatoms. The van der Waals surface area contributed by atoms with Gasteiger partial charge in [0, 0.05) is 6.20 Å². The smallest absolute Gasteiger partial charge is 0.263 e. The van der Waals surface area contributed by atoms with Crippen LogP contribution >= 0.6 is 8.53 Å². The lowest BCUT2D eigenvalue weighted by molar-refractivity contribution is 0.485. The van der Waals surface area contributed by atoms with Gasteiger partial charge in [-0.2, -0.15) is 0 Å². The van der Waals surface area contributed by atoms with E-state index in [1.54, 1.807) is 25.3 Å². The van der Waals surface area contributed by atoms with E-state index in [2.05, 4.69) is 22.3 Å². The second-order valence-corrected chi connectivity index (χ2v) is 2.75. The van der Waals surface area contributed by atoms with Crippen molar-refractivity contribution in [1.29, 1.82) is 0 Å². The van der Waals surface area contributed by atoms with Gasteiger partial charge in [0.05, 0.1) is 5.56 Å². The first-order valence-electron chi connectivity index (χ1n) is 3.61. The molecule has 0 saturated heterocycles. The fourth-order valence-corrected chi connectivity index (χ4v) is 0.655. The molecule has 0 atom stereocenters. The molecule has 0 bridgehead atoms. The molecular formula is C8H11N2O3P. The van der Waals surface area contributed by atoms with Gasteiger partial charge in [0.15, 0.2) is 0 Å². The minimum Gasteiger partial charge on any atom is -0.338 e. The van der Waals surface area contributed by atoms with Crippen LogP contribution in [-0.4, -0.2) is 14.8 Å². The molecule has 0 amide bonds. The summed E-state index contributed by atoms with van der Waals surface area (Å²) in [5.74, 6) is 5.34. The number of pyridine rings is 1. The molecule has 1 heterocycles. The van der Waals surface area contributed by atoms with Crippen molar-refractivity contribution in [2.75, 3.05) is 0 Å². The number of rotatable bonds is 0. The number of H-pyrrole nitrogens is 1. The highest BCUT2D eigenvalue weighted by Gasteiger charge is 1.88. The first kappa shape index (κ1) is 12.8. The molecule has 0 unspecified atom stereocenters. The fourth-order valence-electron chi connectivity index (χ4n) is 0.655. The van der Waals surface area contributed by atoms with Gasteiger partial charge in [-0.3, -0.25) is 10.3 Å². The van der Waals surface area contributed by atoms with Gasteiger partial charge in [-0.15, -0.1) is 5.92 Å². The summed E-state index contributed by atoms with van der Waals surface area (Å²) in [6, 6.07) is 3.44. The van der Waals surface area contributed by atoms with Gasteiger partial charge in [0.1, 0.15) is 0 Å². The highest BCUT2D eigenvalue weighted by Crippen LogP contribution is 2.05. The predicted molar refractivity (Wildman–Crippen MR) is 55.2 cm³/mol. The summed E-state index contributed by atoms with van der Waals surface area (Å²) in [4.78, 5) is 28.3. The molecule has 1 aromatic heterocycles. The minimum absolute atomic E-state index is 0.128. The number of nitrogens with one attached hydrogen (secondary N) is 1. The van der Waals surface area contributed by atoms with E-state index in [1.165, 1.54) is 0 Å². The van der Waals surface area contributed by atoms with E-state index in [-0.39, 0.29) is 5.56 Å². The number of hydrogen-bond acceptors (Lipinski definition) is 4. The highest BCUT2D eigenvalue weighted by atomic mass is 31.2. The minimum atomic E-state index is -2.12. The zero-order valence-electron chi connectivity index (χ0n) is 7.56. The standard InChI is InChI=1S/C8H7NO.H4NO2P/c1-2-4-7-5-3-6-9-8(7)10;1-4(2)3/h3,5-6H,1H3,(H,9,10);2-3H,1H2. The molecule has 5 nitrogen and oxygen atoms in total. The van der Waals surface area contributed by atoms with Crippen LogP contribution in [0.15, 0.2) is 23.1 Å². The van der Waals surface area contributed by atoms with Gasteiger partial charge < -0.3 is 14.8 Å². The summed E-state index contributed by atoms with van der Waals surface area (Å²) >= 11 is 0. The number of aromatic amines is 1. The van der Waals surface area contributed by atoms with Crippen LogP contribution in [0.2, 0.25) is 0 Å². The molecule has 14 heavy (non-hydrogen) atoms. The van der Waals surface area contributed by atoms with Gasteiger partial charge in [0.2, 0.25) is 8.53 Å². The van der Waals surface area contributed by atoms with Crippen molar-refractivity contribution in [3.63, 3.8) is 0 Å². The summed E-state index contributed by atoms with van der Waals surface area (Å²) in [7, 11) is -2.12. The summed E-state index contributed by atoms with van der Waals surface area (Å²) in [6.07, 6.45) is 1.59. The van der Waals surface area contributed by atoms with Crippen LogP contribution in [-0.2, 0) is 0 Å². The Morgan fingerprint density at radius 2 is 2.14 bits per heavy atom. The van der Waals surface area contributed by atoms with Crippen LogP contribution in [0.4, 0.5) is 0 Å². The van der Waals surface area contributed by atoms with Crippen molar-refractivity contribution in [1.82, 2.24) is 4.98 Å². The van der Waals surface area contributed by atoms with Crippen molar-refractivity contribution in [2.45, 2.75) is 6.92 Å². The Hall–Kier alpha value is -1.18. The van der Waals surface area contributed by atoms with Crippen LogP contribution in [0.3, 0.4) is 0 Å². The Kier molecular flexibility index (Phi) is 6.63. The van der Waals surface area contributed by atoms with E-state index in [4.69, 9.17) is 9.79 Å². The topological polar surface area (TPSA) is 99.3 Å². The maximum absolute atomic E-state index is 10.9. The molecule has 0 radical (unpaired) electrons. The third kappa shape index (κ3) is 6.35. The first-order chi connectivity index (χ1) is 6.57. The fraction of sp³-hybridized carbons (Fsp3) is 0.125. The van der Waals surface area contributed by atoms with Crippen molar-refractivity contribution < 1.29 is 9.79 Å². The highest BCUT2D eigenvalue weighted by molar-refractivity contribution is 7.42. The Morgan fingerprint density at radius 1 is 1.57 bits per heavy atom. The number of hydrogen-bond donors (Lipinski definition) is 4. The van der Waals surface area contributed by atoms with E-state index in [0.717, 1.165) is 0 Å².